The Hall–Kier alpha value is -1.47. The van der Waals surface area contributed by atoms with Crippen LogP contribution in [0.4, 0.5) is 5.69 Å². The van der Waals surface area contributed by atoms with Gasteiger partial charge in [0.15, 0.2) is 0 Å². The number of anilines is 1. The maximum absolute atomic E-state index is 11.5. The number of hydrogen-bond donors (Lipinski definition) is 1. The molecular formula is C10H8N2OS. The molecule has 0 saturated carbocycles. The highest BCUT2D eigenvalue weighted by Crippen LogP contribution is 2.40. The topological polar surface area (TPSA) is 52.9 Å². The first-order valence-corrected chi connectivity index (χ1v) is 5.43. The largest absolute Gasteiger partial charge is 0.323 e. The molecule has 1 N–H and O–H groups in total. The van der Waals surface area contributed by atoms with Crippen LogP contribution < -0.4 is 5.32 Å². The van der Waals surface area contributed by atoms with Crippen LogP contribution in [0.3, 0.4) is 0 Å². The van der Waals surface area contributed by atoms with Crippen molar-refractivity contribution in [2.45, 2.75) is 5.25 Å². The van der Waals surface area contributed by atoms with E-state index in [1.54, 1.807) is 12.1 Å². The Balaban J connectivity index is 2.58. The molecule has 14 heavy (non-hydrogen) atoms. The number of benzene rings is 1. The minimum atomic E-state index is -0.168. The number of nitriles is 1. The fourth-order valence-electron chi connectivity index (χ4n) is 1.59. The Bertz CT molecular complexity index is 436. The number of para-hydroxylation sites is 1. The van der Waals surface area contributed by atoms with Crippen LogP contribution in [0.15, 0.2) is 18.2 Å². The highest BCUT2D eigenvalue weighted by Gasteiger charge is 2.31. The van der Waals surface area contributed by atoms with E-state index in [9.17, 15) is 4.79 Å². The Kier molecular flexibility index (Phi) is 2.18. The van der Waals surface area contributed by atoms with E-state index in [0.29, 0.717) is 11.3 Å². The summed E-state index contributed by atoms with van der Waals surface area (Å²) in [5.41, 5.74) is 2.13. The molecule has 2 rings (SSSR count). The lowest BCUT2D eigenvalue weighted by atomic mass is 10.1. The molecule has 1 aliphatic rings. The number of amides is 1. The van der Waals surface area contributed by atoms with Crippen molar-refractivity contribution in [2.75, 3.05) is 11.6 Å². The molecule has 0 fully saturated rings. The van der Waals surface area contributed by atoms with Crippen molar-refractivity contribution in [3.63, 3.8) is 0 Å². The first-order valence-electron chi connectivity index (χ1n) is 4.14. The third-order valence-corrected chi connectivity index (χ3v) is 3.16. The van der Waals surface area contributed by atoms with Gasteiger partial charge in [-0.3, -0.25) is 4.79 Å². The molecule has 0 saturated heterocycles. The Morgan fingerprint density at radius 1 is 1.57 bits per heavy atom. The number of nitrogens with zero attached hydrogens (tertiary/aromatic N) is 1. The highest BCUT2D eigenvalue weighted by atomic mass is 32.2. The standard InChI is InChI=1S/C10H8N2OS/c1-14-9-7-4-2-3-6(5-11)8(7)12-10(9)13/h2-4,9H,1H3,(H,12,13)/t9-/m0/s1. The van der Waals surface area contributed by atoms with E-state index in [4.69, 9.17) is 5.26 Å². The number of rotatable bonds is 1. The molecule has 1 aromatic carbocycles. The van der Waals surface area contributed by atoms with Crippen molar-refractivity contribution in [3.8, 4) is 6.07 Å². The quantitative estimate of drug-likeness (QED) is 0.760. The fraction of sp³-hybridized carbons (Fsp3) is 0.200. The molecule has 70 valence electrons. The molecule has 0 aliphatic carbocycles. The van der Waals surface area contributed by atoms with E-state index in [-0.39, 0.29) is 11.2 Å². The number of hydrogen-bond acceptors (Lipinski definition) is 3. The SMILES string of the molecule is CS[C@@H]1C(=O)Nc2c(C#N)cccc21. The van der Waals surface area contributed by atoms with E-state index in [0.717, 1.165) is 5.56 Å². The Morgan fingerprint density at radius 3 is 3.00 bits per heavy atom. The molecule has 1 aliphatic heterocycles. The molecule has 0 aromatic heterocycles. The van der Waals surface area contributed by atoms with Crippen LogP contribution in [0.5, 0.6) is 0 Å². The lowest BCUT2D eigenvalue weighted by Gasteiger charge is -2.03. The Labute approximate surface area is 86.1 Å². The van der Waals surface area contributed by atoms with Gasteiger partial charge < -0.3 is 5.32 Å². The first kappa shape index (κ1) is 9.10. The number of carbonyl (C=O) groups excluding carboxylic acids is 1. The third-order valence-electron chi connectivity index (χ3n) is 2.22. The van der Waals surface area contributed by atoms with Gasteiger partial charge in [-0.05, 0) is 17.9 Å². The van der Waals surface area contributed by atoms with Gasteiger partial charge in [-0.25, -0.2) is 0 Å². The zero-order chi connectivity index (χ0) is 10.1. The third kappa shape index (κ3) is 1.17. The maximum Gasteiger partial charge on any atom is 0.242 e. The molecule has 0 unspecified atom stereocenters. The van der Waals surface area contributed by atoms with Crippen molar-refractivity contribution in [2.24, 2.45) is 0 Å². The summed E-state index contributed by atoms with van der Waals surface area (Å²) in [6.07, 6.45) is 1.89. The lowest BCUT2D eigenvalue weighted by Crippen LogP contribution is -2.08. The predicted octanol–water partition coefficient (Wildman–Crippen LogP) is 1.91. The predicted molar refractivity (Wildman–Crippen MR) is 56.0 cm³/mol. The number of nitrogens with one attached hydrogen (secondary N) is 1. The first-order chi connectivity index (χ1) is 6.77. The summed E-state index contributed by atoms with van der Waals surface area (Å²) in [7, 11) is 0. The monoisotopic (exact) mass is 204 g/mol. The fourth-order valence-corrected chi connectivity index (χ4v) is 2.31. The van der Waals surface area contributed by atoms with Gasteiger partial charge in [-0.2, -0.15) is 5.26 Å². The second kappa shape index (κ2) is 3.35. The molecular weight excluding hydrogens is 196 g/mol. The van der Waals surface area contributed by atoms with Crippen molar-refractivity contribution >= 4 is 23.4 Å². The van der Waals surface area contributed by atoms with Crippen molar-refractivity contribution in [1.29, 1.82) is 5.26 Å². The average Bonchev–Trinajstić information content (AvgIpc) is 2.52. The van der Waals surface area contributed by atoms with Crippen molar-refractivity contribution < 1.29 is 4.79 Å². The molecule has 4 heteroatoms. The van der Waals surface area contributed by atoms with E-state index >= 15 is 0 Å². The molecule has 1 aromatic rings. The molecule has 0 spiro atoms. The normalized spacial score (nSPS) is 18.6. The minimum absolute atomic E-state index is 0.0322. The van der Waals surface area contributed by atoms with Crippen LogP contribution in [0, 0.1) is 11.3 Å². The number of carbonyl (C=O) groups is 1. The van der Waals surface area contributed by atoms with Crippen molar-refractivity contribution in [1.82, 2.24) is 0 Å². The van der Waals surface area contributed by atoms with Crippen LogP contribution >= 0.6 is 11.8 Å². The summed E-state index contributed by atoms with van der Waals surface area (Å²) in [6.45, 7) is 0. The van der Waals surface area contributed by atoms with Gasteiger partial charge in [0.1, 0.15) is 11.3 Å². The van der Waals surface area contributed by atoms with E-state index < -0.39 is 0 Å². The minimum Gasteiger partial charge on any atom is -0.323 e. The number of thioether (sulfide) groups is 1. The van der Waals surface area contributed by atoms with Gasteiger partial charge in [0.2, 0.25) is 5.91 Å². The second-order valence-corrected chi connectivity index (χ2v) is 3.93. The van der Waals surface area contributed by atoms with Crippen LogP contribution in [-0.4, -0.2) is 12.2 Å². The molecule has 0 radical (unpaired) electrons. The zero-order valence-corrected chi connectivity index (χ0v) is 8.39. The smallest absolute Gasteiger partial charge is 0.242 e. The van der Waals surface area contributed by atoms with Gasteiger partial charge in [0.05, 0.1) is 11.3 Å². The van der Waals surface area contributed by atoms with Crippen molar-refractivity contribution in [3.05, 3.63) is 29.3 Å². The number of fused-ring (bicyclic) bond motifs is 1. The lowest BCUT2D eigenvalue weighted by molar-refractivity contribution is -0.115. The van der Waals surface area contributed by atoms with E-state index in [2.05, 4.69) is 11.4 Å². The Morgan fingerprint density at radius 2 is 2.36 bits per heavy atom. The average molecular weight is 204 g/mol. The van der Waals surface area contributed by atoms with Gasteiger partial charge >= 0.3 is 0 Å². The summed E-state index contributed by atoms with van der Waals surface area (Å²) in [4.78, 5) is 11.5. The zero-order valence-electron chi connectivity index (χ0n) is 7.57. The summed E-state index contributed by atoms with van der Waals surface area (Å²) in [6, 6.07) is 7.47. The highest BCUT2D eigenvalue weighted by molar-refractivity contribution is 7.99. The van der Waals surface area contributed by atoms with Crippen LogP contribution in [0.2, 0.25) is 0 Å². The molecule has 0 bridgehead atoms. The van der Waals surface area contributed by atoms with Gasteiger partial charge in [-0.1, -0.05) is 12.1 Å². The van der Waals surface area contributed by atoms with Gasteiger partial charge in [-0.15, -0.1) is 11.8 Å². The summed E-state index contributed by atoms with van der Waals surface area (Å²) in [5.74, 6) is -0.0322. The van der Waals surface area contributed by atoms with Crippen LogP contribution in [0.1, 0.15) is 16.4 Å². The van der Waals surface area contributed by atoms with Crippen LogP contribution in [0.25, 0.3) is 0 Å². The van der Waals surface area contributed by atoms with Gasteiger partial charge in [0, 0.05) is 0 Å². The second-order valence-electron chi connectivity index (χ2n) is 2.99. The maximum atomic E-state index is 11.5. The summed E-state index contributed by atoms with van der Waals surface area (Å²) in [5, 5.41) is 11.4. The summed E-state index contributed by atoms with van der Waals surface area (Å²) < 4.78 is 0. The van der Waals surface area contributed by atoms with E-state index in [1.807, 2.05) is 12.3 Å². The molecule has 1 amide bonds. The van der Waals surface area contributed by atoms with Crippen LogP contribution in [-0.2, 0) is 4.79 Å². The molecule has 1 heterocycles. The molecule has 3 nitrogen and oxygen atoms in total. The summed E-state index contributed by atoms with van der Waals surface area (Å²) >= 11 is 1.48. The van der Waals surface area contributed by atoms with Gasteiger partial charge in [0.25, 0.3) is 0 Å². The van der Waals surface area contributed by atoms with E-state index in [1.165, 1.54) is 11.8 Å². The molecule has 1 atom stereocenters.